The predicted octanol–water partition coefficient (Wildman–Crippen LogP) is 4.43. The van der Waals surface area contributed by atoms with E-state index in [0.29, 0.717) is 23.4 Å². The third kappa shape index (κ3) is 3.71. The molecule has 0 aliphatic carbocycles. The van der Waals surface area contributed by atoms with Crippen LogP contribution in [0, 0.1) is 17.0 Å². The van der Waals surface area contributed by atoms with Gasteiger partial charge >= 0.3 is 0 Å². The van der Waals surface area contributed by atoms with Gasteiger partial charge in [-0.15, -0.1) is 0 Å². The second-order valence-electron chi connectivity index (χ2n) is 4.82. The highest BCUT2D eigenvalue weighted by Crippen LogP contribution is 2.35. The summed E-state index contributed by atoms with van der Waals surface area (Å²) in [5.74, 6) is 1.44. The lowest BCUT2D eigenvalue weighted by Gasteiger charge is -2.04. The smallest absolute Gasteiger partial charge is 0.273 e. The van der Waals surface area contributed by atoms with Gasteiger partial charge in [-0.2, -0.15) is 0 Å². The van der Waals surface area contributed by atoms with Crippen LogP contribution in [0.25, 0.3) is 11.3 Å². The summed E-state index contributed by atoms with van der Waals surface area (Å²) in [6.45, 7) is 5.40. The molecule has 0 radical (unpaired) electrons. The number of hydrogen-bond acceptors (Lipinski definition) is 4. The molecule has 0 aliphatic heterocycles. The third-order valence-electron chi connectivity index (χ3n) is 3.14. The third-order valence-corrected chi connectivity index (χ3v) is 3.79. The summed E-state index contributed by atoms with van der Waals surface area (Å²) < 4.78 is 6.54. The molecule has 0 bridgehead atoms. The van der Waals surface area contributed by atoms with Crippen LogP contribution in [0.2, 0.25) is 0 Å². The number of hydrogen-bond donors (Lipinski definition) is 1. The molecule has 21 heavy (non-hydrogen) atoms. The zero-order valence-corrected chi connectivity index (χ0v) is 13.6. The largest absolute Gasteiger partial charge is 0.460 e. The van der Waals surface area contributed by atoms with Gasteiger partial charge in [0.05, 0.1) is 11.5 Å². The first-order chi connectivity index (χ1) is 10.0. The molecule has 5 nitrogen and oxygen atoms in total. The molecule has 0 unspecified atom stereocenters. The van der Waals surface area contributed by atoms with Crippen LogP contribution in [0.4, 0.5) is 5.69 Å². The van der Waals surface area contributed by atoms with Gasteiger partial charge in [0.2, 0.25) is 0 Å². The van der Waals surface area contributed by atoms with Crippen molar-refractivity contribution in [1.82, 2.24) is 5.32 Å². The van der Waals surface area contributed by atoms with Gasteiger partial charge in [-0.3, -0.25) is 10.1 Å². The molecule has 112 valence electrons. The predicted molar refractivity (Wildman–Crippen MR) is 85.2 cm³/mol. The van der Waals surface area contributed by atoms with E-state index in [1.54, 1.807) is 19.1 Å². The number of benzene rings is 1. The van der Waals surface area contributed by atoms with Crippen molar-refractivity contribution in [2.24, 2.45) is 0 Å². The molecule has 0 aliphatic rings. The van der Waals surface area contributed by atoms with Gasteiger partial charge in [-0.1, -0.05) is 22.9 Å². The van der Waals surface area contributed by atoms with Gasteiger partial charge in [0.15, 0.2) is 0 Å². The van der Waals surface area contributed by atoms with E-state index in [1.165, 1.54) is 0 Å². The van der Waals surface area contributed by atoms with Crippen LogP contribution < -0.4 is 5.32 Å². The van der Waals surface area contributed by atoms with Gasteiger partial charge in [0, 0.05) is 21.7 Å². The molecule has 0 spiro atoms. The lowest BCUT2D eigenvalue weighted by atomic mass is 10.1. The molecule has 1 aromatic heterocycles. The summed E-state index contributed by atoms with van der Waals surface area (Å²) in [7, 11) is 0. The fourth-order valence-corrected chi connectivity index (χ4v) is 2.71. The zero-order valence-electron chi connectivity index (χ0n) is 12.0. The fraction of sp³-hybridized carbons (Fsp3) is 0.333. The molecule has 6 heteroatoms. The van der Waals surface area contributed by atoms with Crippen LogP contribution in [0.1, 0.15) is 24.7 Å². The van der Waals surface area contributed by atoms with E-state index >= 15 is 0 Å². The fourth-order valence-electron chi connectivity index (χ4n) is 2.05. The van der Waals surface area contributed by atoms with E-state index < -0.39 is 0 Å². The number of nitrogens with zero attached hydrogens (tertiary/aromatic N) is 1. The molecule has 1 heterocycles. The van der Waals surface area contributed by atoms with Crippen molar-refractivity contribution in [3.8, 4) is 11.3 Å². The first-order valence-electron chi connectivity index (χ1n) is 6.77. The van der Waals surface area contributed by atoms with Crippen LogP contribution in [-0.4, -0.2) is 11.5 Å². The van der Waals surface area contributed by atoms with E-state index in [1.807, 2.05) is 12.1 Å². The Morgan fingerprint density at radius 2 is 2.14 bits per heavy atom. The van der Waals surface area contributed by atoms with Crippen LogP contribution in [0.15, 0.2) is 33.2 Å². The first-order valence-corrected chi connectivity index (χ1v) is 7.56. The standard InChI is InChI=1S/C15H17BrN2O3/c1-3-6-17-9-11-4-5-15(21-11)12-8-14(18(19)20)10(2)7-13(12)16/h4-5,7-8,17H,3,6,9H2,1-2H3. The number of furan rings is 1. The van der Waals surface area contributed by atoms with E-state index in [0.717, 1.165) is 23.2 Å². The number of nitro benzene ring substituents is 1. The monoisotopic (exact) mass is 352 g/mol. The topological polar surface area (TPSA) is 68.3 Å². The summed E-state index contributed by atoms with van der Waals surface area (Å²) >= 11 is 3.44. The Balaban J connectivity index is 2.29. The van der Waals surface area contributed by atoms with Gasteiger partial charge in [0.25, 0.3) is 5.69 Å². The van der Waals surface area contributed by atoms with E-state index in [2.05, 4.69) is 28.2 Å². The molecule has 0 saturated heterocycles. The Bertz CT molecular complexity index is 652. The first kappa shape index (κ1) is 15.7. The van der Waals surface area contributed by atoms with Crippen molar-refractivity contribution in [1.29, 1.82) is 0 Å². The Kier molecular flexibility index (Phi) is 5.14. The highest BCUT2D eigenvalue weighted by atomic mass is 79.9. The normalized spacial score (nSPS) is 10.8. The van der Waals surface area contributed by atoms with Crippen molar-refractivity contribution < 1.29 is 9.34 Å². The van der Waals surface area contributed by atoms with Crippen molar-refractivity contribution in [3.05, 3.63) is 50.2 Å². The average Bonchev–Trinajstić information content (AvgIpc) is 2.87. The number of rotatable bonds is 6. The summed E-state index contributed by atoms with van der Waals surface area (Å²) in [5, 5.41) is 14.3. The highest BCUT2D eigenvalue weighted by Gasteiger charge is 2.17. The second kappa shape index (κ2) is 6.87. The number of aryl methyl sites for hydroxylation is 1. The van der Waals surface area contributed by atoms with Crippen LogP contribution >= 0.6 is 15.9 Å². The van der Waals surface area contributed by atoms with Crippen molar-refractivity contribution in [2.45, 2.75) is 26.8 Å². The average molecular weight is 353 g/mol. The lowest BCUT2D eigenvalue weighted by molar-refractivity contribution is -0.385. The van der Waals surface area contributed by atoms with E-state index in [4.69, 9.17) is 4.42 Å². The Morgan fingerprint density at radius 1 is 1.38 bits per heavy atom. The van der Waals surface area contributed by atoms with Gasteiger partial charge in [-0.05, 0) is 38.1 Å². The highest BCUT2D eigenvalue weighted by molar-refractivity contribution is 9.10. The van der Waals surface area contributed by atoms with E-state index in [9.17, 15) is 10.1 Å². The molecule has 0 amide bonds. The zero-order chi connectivity index (χ0) is 15.4. The SMILES string of the molecule is CCCNCc1ccc(-c2cc([N+](=O)[O-])c(C)cc2Br)o1. The summed E-state index contributed by atoms with van der Waals surface area (Å²) in [5.41, 5.74) is 1.40. The molecule has 0 fully saturated rings. The van der Waals surface area contributed by atoms with E-state index in [-0.39, 0.29) is 10.6 Å². The molecule has 0 atom stereocenters. The minimum absolute atomic E-state index is 0.0928. The number of nitro groups is 1. The maximum atomic E-state index is 11.0. The summed E-state index contributed by atoms with van der Waals surface area (Å²) in [6.07, 6.45) is 1.06. The molecule has 2 aromatic rings. The second-order valence-corrected chi connectivity index (χ2v) is 5.67. The lowest BCUT2D eigenvalue weighted by Crippen LogP contribution is -2.12. The molecule has 1 N–H and O–H groups in total. The van der Waals surface area contributed by atoms with Crippen molar-refractivity contribution >= 4 is 21.6 Å². The minimum atomic E-state index is -0.377. The number of nitrogens with one attached hydrogen (secondary N) is 1. The minimum Gasteiger partial charge on any atom is -0.460 e. The van der Waals surface area contributed by atoms with Crippen LogP contribution in [0.3, 0.4) is 0 Å². The van der Waals surface area contributed by atoms with Gasteiger partial charge < -0.3 is 9.73 Å². The Labute approximate surface area is 131 Å². The number of halogens is 1. The maximum Gasteiger partial charge on any atom is 0.273 e. The van der Waals surface area contributed by atoms with Gasteiger partial charge in [-0.25, -0.2) is 0 Å². The van der Waals surface area contributed by atoms with Crippen molar-refractivity contribution in [2.75, 3.05) is 6.54 Å². The molecular weight excluding hydrogens is 336 g/mol. The summed E-state index contributed by atoms with van der Waals surface area (Å²) in [4.78, 5) is 10.7. The van der Waals surface area contributed by atoms with Crippen LogP contribution in [0.5, 0.6) is 0 Å². The summed E-state index contributed by atoms with van der Waals surface area (Å²) in [6, 6.07) is 7.00. The molecule has 1 aromatic carbocycles. The van der Waals surface area contributed by atoms with Gasteiger partial charge in [0.1, 0.15) is 11.5 Å². The maximum absolute atomic E-state index is 11.0. The quantitative estimate of drug-likeness (QED) is 0.474. The molecule has 0 saturated carbocycles. The molecule has 2 rings (SSSR count). The molecular formula is C15H17BrN2O3. The van der Waals surface area contributed by atoms with Crippen LogP contribution in [-0.2, 0) is 6.54 Å². The van der Waals surface area contributed by atoms with Crippen molar-refractivity contribution in [3.63, 3.8) is 0 Å². The Hall–Kier alpha value is -1.66. The Morgan fingerprint density at radius 3 is 2.81 bits per heavy atom.